The summed E-state index contributed by atoms with van der Waals surface area (Å²) < 4.78 is 5.97. The Hall–Kier alpha value is -2.09. The summed E-state index contributed by atoms with van der Waals surface area (Å²) in [5.74, 6) is -0.715. The molecule has 3 aromatic rings. The Labute approximate surface area is 127 Å². The second-order valence-corrected chi connectivity index (χ2v) is 5.43. The van der Waals surface area contributed by atoms with Crippen LogP contribution < -0.4 is 11.1 Å². The summed E-state index contributed by atoms with van der Waals surface area (Å²) in [6.45, 7) is 0. The Kier molecular flexibility index (Phi) is 3.31. The molecule has 0 radical (unpaired) electrons. The Morgan fingerprint density at radius 1 is 1.15 bits per heavy atom. The van der Waals surface area contributed by atoms with Crippen LogP contribution in [0, 0.1) is 3.57 Å². The number of carbonyl (C=O) groups excluding carboxylic acids is 1. The molecule has 0 aliphatic carbocycles. The monoisotopic (exact) mass is 380 g/mol. The number of anilines is 1. The summed E-state index contributed by atoms with van der Waals surface area (Å²) in [6.07, 6.45) is 0. The number of H-pyrrole nitrogens is 1. The van der Waals surface area contributed by atoms with E-state index < -0.39 is 5.76 Å². The zero-order valence-corrected chi connectivity index (χ0v) is 12.3. The van der Waals surface area contributed by atoms with Crippen molar-refractivity contribution in [3.8, 4) is 0 Å². The average molecular weight is 380 g/mol. The van der Waals surface area contributed by atoms with Crippen LogP contribution in [-0.2, 0) is 0 Å². The van der Waals surface area contributed by atoms with E-state index in [4.69, 9.17) is 4.42 Å². The first-order chi connectivity index (χ1) is 9.61. The number of rotatable bonds is 2. The zero-order valence-electron chi connectivity index (χ0n) is 10.1. The van der Waals surface area contributed by atoms with Crippen molar-refractivity contribution in [2.75, 3.05) is 5.32 Å². The molecule has 0 saturated heterocycles. The molecule has 1 aromatic heterocycles. The number of hydrogen-bond acceptors (Lipinski definition) is 3. The van der Waals surface area contributed by atoms with Gasteiger partial charge in [0.25, 0.3) is 5.91 Å². The minimum absolute atomic E-state index is 0.202. The maximum absolute atomic E-state index is 12.1. The predicted octanol–water partition coefficient (Wildman–Crippen LogP) is 2.98. The number of carbonyl (C=O) groups is 1. The smallest absolute Gasteiger partial charge is 0.408 e. The molecule has 2 aromatic carbocycles. The topological polar surface area (TPSA) is 75.1 Å². The third kappa shape index (κ3) is 2.60. The summed E-state index contributed by atoms with van der Waals surface area (Å²) in [6, 6.07) is 12.2. The van der Waals surface area contributed by atoms with Crippen molar-refractivity contribution in [2.24, 2.45) is 0 Å². The fourth-order valence-electron chi connectivity index (χ4n) is 1.83. The third-order valence-electron chi connectivity index (χ3n) is 2.78. The third-order valence-corrected chi connectivity index (χ3v) is 3.50. The van der Waals surface area contributed by atoms with Crippen LogP contribution in [0.2, 0.25) is 0 Å². The Morgan fingerprint density at radius 2 is 1.90 bits per heavy atom. The Bertz CT molecular complexity index is 833. The lowest BCUT2D eigenvalue weighted by Gasteiger charge is -2.05. The molecular weight excluding hydrogens is 371 g/mol. The summed E-state index contributed by atoms with van der Waals surface area (Å²) in [4.78, 5) is 25.7. The van der Waals surface area contributed by atoms with E-state index in [1.54, 1.807) is 30.3 Å². The second kappa shape index (κ2) is 5.12. The van der Waals surface area contributed by atoms with Gasteiger partial charge < -0.3 is 9.73 Å². The van der Waals surface area contributed by atoms with Gasteiger partial charge in [-0.15, -0.1) is 0 Å². The van der Waals surface area contributed by atoms with Crippen molar-refractivity contribution in [1.29, 1.82) is 0 Å². The summed E-state index contributed by atoms with van der Waals surface area (Å²) in [7, 11) is 0. The largest absolute Gasteiger partial charge is 0.417 e. The highest BCUT2D eigenvalue weighted by molar-refractivity contribution is 14.1. The summed E-state index contributed by atoms with van der Waals surface area (Å²) >= 11 is 2.18. The van der Waals surface area contributed by atoms with E-state index in [9.17, 15) is 9.59 Å². The number of aromatic amines is 1. The molecular formula is C14H9IN2O3. The molecule has 0 bridgehead atoms. The maximum Gasteiger partial charge on any atom is 0.417 e. The van der Waals surface area contributed by atoms with E-state index in [1.807, 2.05) is 12.1 Å². The Balaban J connectivity index is 1.86. The standard InChI is InChI=1S/C14H9IN2O3/c15-9-3-1-8(2-4-9)13(18)16-10-5-6-12-11(7-10)17-14(19)20-12/h1-7H,(H,16,18)(H,17,19). The molecule has 0 fully saturated rings. The maximum atomic E-state index is 12.1. The number of nitrogens with one attached hydrogen (secondary N) is 2. The SMILES string of the molecule is O=C(Nc1ccc2oc(=O)[nH]c2c1)c1ccc(I)cc1. The van der Waals surface area contributed by atoms with Crippen molar-refractivity contribution in [2.45, 2.75) is 0 Å². The first kappa shape index (κ1) is 12.9. The van der Waals surface area contributed by atoms with E-state index in [1.165, 1.54) is 0 Å². The number of fused-ring (bicyclic) bond motifs is 1. The minimum Gasteiger partial charge on any atom is -0.408 e. The van der Waals surface area contributed by atoms with Gasteiger partial charge in [-0.3, -0.25) is 9.78 Å². The first-order valence-electron chi connectivity index (χ1n) is 5.81. The van der Waals surface area contributed by atoms with Gasteiger partial charge in [0.2, 0.25) is 0 Å². The lowest BCUT2D eigenvalue weighted by Crippen LogP contribution is -2.11. The van der Waals surface area contributed by atoms with Crippen LogP contribution >= 0.6 is 22.6 Å². The number of hydrogen-bond donors (Lipinski definition) is 2. The average Bonchev–Trinajstić information content (AvgIpc) is 2.78. The fourth-order valence-corrected chi connectivity index (χ4v) is 2.19. The molecule has 1 heterocycles. The van der Waals surface area contributed by atoms with Crippen molar-refractivity contribution < 1.29 is 9.21 Å². The van der Waals surface area contributed by atoms with E-state index in [0.29, 0.717) is 22.4 Å². The van der Waals surface area contributed by atoms with E-state index in [2.05, 4.69) is 32.9 Å². The Morgan fingerprint density at radius 3 is 2.65 bits per heavy atom. The molecule has 0 aliphatic rings. The minimum atomic E-state index is -0.513. The summed E-state index contributed by atoms with van der Waals surface area (Å²) in [5.41, 5.74) is 2.18. The summed E-state index contributed by atoms with van der Waals surface area (Å²) in [5, 5.41) is 2.77. The molecule has 5 nitrogen and oxygen atoms in total. The van der Waals surface area contributed by atoms with Gasteiger partial charge in [-0.2, -0.15) is 0 Å². The van der Waals surface area contributed by atoms with Crippen molar-refractivity contribution in [1.82, 2.24) is 4.98 Å². The van der Waals surface area contributed by atoms with Gasteiger partial charge in [0, 0.05) is 14.8 Å². The fraction of sp³-hybridized carbons (Fsp3) is 0. The number of amides is 1. The molecule has 0 atom stereocenters. The van der Waals surface area contributed by atoms with E-state index >= 15 is 0 Å². The van der Waals surface area contributed by atoms with Crippen LogP contribution in [0.3, 0.4) is 0 Å². The van der Waals surface area contributed by atoms with Crippen LogP contribution in [0.5, 0.6) is 0 Å². The van der Waals surface area contributed by atoms with Crippen molar-refractivity contribution in [3.63, 3.8) is 0 Å². The predicted molar refractivity (Wildman–Crippen MR) is 83.9 cm³/mol. The van der Waals surface area contributed by atoms with Gasteiger partial charge in [0.05, 0.1) is 5.52 Å². The van der Waals surface area contributed by atoms with Crippen LogP contribution in [-0.4, -0.2) is 10.9 Å². The molecule has 6 heteroatoms. The van der Waals surface area contributed by atoms with Crippen LogP contribution in [0.1, 0.15) is 10.4 Å². The van der Waals surface area contributed by atoms with Gasteiger partial charge in [-0.25, -0.2) is 4.79 Å². The zero-order chi connectivity index (χ0) is 14.1. The van der Waals surface area contributed by atoms with Gasteiger partial charge in [-0.1, -0.05) is 0 Å². The molecule has 100 valence electrons. The second-order valence-electron chi connectivity index (χ2n) is 4.19. The van der Waals surface area contributed by atoms with E-state index in [0.717, 1.165) is 3.57 Å². The van der Waals surface area contributed by atoms with Crippen molar-refractivity contribution in [3.05, 3.63) is 62.1 Å². The van der Waals surface area contributed by atoms with Crippen LogP contribution in [0.25, 0.3) is 11.1 Å². The lowest BCUT2D eigenvalue weighted by molar-refractivity contribution is 0.102. The first-order valence-corrected chi connectivity index (χ1v) is 6.89. The molecule has 0 spiro atoms. The molecule has 1 amide bonds. The van der Waals surface area contributed by atoms with Crippen molar-refractivity contribution >= 4 is 45.3 Å². The number of oxazole rings is 1. The highest BCUT2D eigenvalue weighted by Crippen LogP contribution is 2.17. The van der Waals surface area contributed by atoms with Gasteiger partial charge >= 0.3 is 5.76 Å². The van der Waals surface area contributed by atoms with Gasteiger partial charge in [0.1, 0.15) is 0 Å². The number of benzene rings is 2. The lowest BCUT2D eigenvalue weighted by atomic mass is 10.2. The van der Waals surface area contributed by atoms with Crippen LogP contribution in [0.15, 0.2) is 51.7 Å². The van der Waals surface area contributed by atoms with Gasteiger partial charge in [0.15, 0.2) is 5.58 Å². The molecule has 2 N–H and O–H groups in total. The van der Waals surface area contributed by atoms with Crippen LogP contribution in [0.4, 0.5) is 5.69 Å². The van der Waals surface area contributed by atoms with Gasteiger partial charge in [-0.05, 0) is 65.1 Å². The highest BCUT2D eigenvalue weighted by atomic mass is 127. The number of aromatic nitrogens is 1. The molecule has 0 aliphatic heterocycles. The number of halogens is 1. The highest BCUT2D eigenvalue weighted by Gasteiger charge is 2.07. The molecule has 3 rings (SSSR count). The molecule has 0 saturated carbocycles. The van der Waals surface area contributed by atoms with E-state index in [-0.39, 0.29) is 5.91 Å². The normalized spacial score (nSPS) is 10.7. The molecule has 20 heavy (non-hydrogen) atoms. The quantitative estimate of drug-likeness (QED) is 0.672. The molecule has 0 unspecified atom stereocenters.